The van der Waals surface area contributed by atoms with Crippen molar-refractivity contribution in [3.63, 3.8) is 0 Å². The Morgan fingerprint density at radius 3 is 2.56 bits per heavy atom. The zero-order valence-electron chi connectivity index (χ0n) is 14.5. The molecule has 0 aliphatic heterocycles. The average Bonchev–Trinajstić information content (AvgIpc) is 3.04. The van der Waals surface area contributed by atoms with E-state index < -0.39 is 0 Å². The second kappa shape index (κ2) is 11.0. The van der Waals surface area contributed by atoms with Crippen LogP contribution in [0.15, 0.2) is 24.4 Å². The van der Waals surface area contributed by atoms with Gasteiger partial charge in [0.15, 0.2) is 5.78 Å². The van der Waals surface area contributed by atoms with Gasteiger partial charge in [-0.3, -0.25) is 14.4 Å². The number of aromatic nitrogens is 1. The van der Waals surface area contributed by atoms with E-state index in [4.69, 9.17) is 4.74 Å². The molecule has 0 fully saturated rings. The molecule has 1 aromatic heterocycles. The molecule has 25 heavy (non-hydrogen) atoms. The quantitative estimate of drug-likeness (QED) is 0.549. The van der Waals surface area contributed by atoms with E-state index in [0.29, 0.717) is 23.2 Å². The molecule has 0 spiro atoms. The summed E-state index contributed by atoms with van der Waals surface area (Å²) in [5, 5.41) is 3.09. The summed E-state index contributed by atoms with van der Waals surface area (Å²) in [7, 11) is 3.08. The fourth-order valence-electron chi connectivity index (χ4n) is 1.92. The normalized spacial score (nSPS) is 9.88. The van der Waals surface area contributed by atoms with E-state index in [9.17, 15) is 14.4 Å². The molecule has 0 saturated heterocycles. The Morgan fingerprint density at radius 1 is 1.24 bits per heavy atom. The number of ketones is 1. The van der Waals surface area contributed by atoms with Gasteiger partial charge in [-0.2, -0.15) is 0 Å². The number of aromatic amines is 1. The summed E-state index contributed by atoms with van der Waals surface area (Å²) >= 11 is 0. The van der Waals surface area contributed by atoms with Crippen LogP contribution in [0.3, 0.4) is 0 Å². The number of fused-ring (bicyclic) bond motifs is 1. The minimum Gasteiger partial charge on any atom is -0.429 e. The number of benzene rings is 1. The van der Waals surface area contributed by atoms with Gasteiger partial charge in [0.05, 0.1) is 6.54 Å². The highest BCUT2D eigenvalue weighted by atomic mass is 16.5. The fourth-order valence-corrected chi connectivity index (χ4v) is 1.92. The van der Waals surface area contributed by atoms with Crippen molar-refractivity contribution < 1.29 is 28.6 Å². The Morgan fingerprint density at radius 2 is 1.96 bits per heavy atom. The van der Waals surface area contributed by atoms with E-state index in [1.807, 2.05) is 6.92 Å². The highest BCUT2D eigenvalue weighted by molar-refractivity contribution is 6.09. The van der Waals surface area contributed by atoms with Crippen LogP contribution in [-0.4, -0.2) is 57.1 Å². The number of hydrogen-bond donors (Lipinski definition) is 2. The average molecular weight is 350 g/mol. The number of methoxy groups -OCH3 is 2. The molecule has 2 rings (SSSR count). The maximum absolute atomic E-state index is 12.1. The number of H-pyrrole nitrogens is 1. The smallest absolute Gasteiger partial charge is 0.298 e. The lowest BCUT2D eigenvalue weighted by Gasteiger charge is -2.03. The molecule has 8 heteroatoms. The van der Waals surface area contributed by atoms with Gasteiger partial charge in [-0.15, -0.1) is 0 Å². The van der Waals surface area contributed by atoms with Gasteiger partial charge in [-0.25, -0.2) is 0 Å². The topological polar surface area (TPSA) is 107 Å². The SMILES string of the molecule is CCOC.COCC(=O)NCC(=O)c1c[nH]c2ccc(OC=O)cc12. The first-order valence-electron chi connectivity index (χ1n) is 7.56. The zero-order valence-corrected chi connectivity index (χ0v) is 14.5. The Kier molecular flexibility index (Phi) is 8.91. The van der Waals surface area contributed by atoms with E-state index in [0.717, 1.165) is 12.1 Å². The molecule has 0 unspecified atom stereocenters. The molecule has 0 bridgehead atoms. The molecular formula is C17H22N2O6. The van der Waals surface area contributed by atoms with Crippen LogP contribution in [0.5, 0.6) is 5.75 Å². The molecule has 8 nitrogen and oxygen atoms in total. The molecule has 0 saturated carbocycles. The Balaban J connectivity index is 0.000000705. The lowest BCUT2D eigenvalue weighted by Crippen LogP contribution is -2.32. The summed E-state index contributed by atoms with van der Waals surface area (Å²) in [6.07, 6.45) is 1.56. The first-order chi connectivity index (χ1) is 12.1. The third-order valence-corrected chi connectivity index (χ3v) is 3.15. The van der Waals surface area contributed by atoms with E-state index in [1.54, 1.807) is 31.5 Å². The van der Waals surface area contributed by atoms with Crippen LogP contribution in [0.25, 0.3) is 10.9 Å². The number of ether oxygens (including phenoxy) is 3. The number of amides is 1. The van der Waals surface area contributed by atoms with Gasteiger partial charge in [0.2, 0.25) is 5.91 Å². The molecule has 0 aliphatic carbocycles. The molecule has 2 N–H and O–H groups in total. The van der Waals surface area contributed by atoms with Crippen LogP contribution in [0.1, 0.15) is 17.3 Å². The van der Waals surface area contributed by atoms with Crippen molar-refractivity contribution in [3.05, 3.63) is 30.0 Å². The van der Waals surface area contributed by atoms with Crippen LogP contribution < -0.4 is 10.1 Å². The van der Waals surface area contributed by atoms with Crippen molar-refractivity contribution in [1.82, 2.24) is 10.3 Å². The summed E-state index contributed by atoms with van der Waals surface area (Å²) in [5.74, 6) is -0.279. The van der Waals surface area contributed by atoms with Gasteiger partial charge in [0, 0.05) is 43.5 Å². The van der Waals surface area contributed by atoms with Gasteiger partial charge in [0.25, 0.3) is 6.47 Å². The van der Waals surface area contributed by atoms with Gasteiger partial charge in [-0.1, -0.05) is 0 Å². The molecule has 0 radical (unpaired) electrons. The largest absolute Gasteiger partial charge is 0.429 e. The number of carbonyl (C=O) groups excluding carboxylic acids is 3. The molecule has 0 atom stereocenters. The van der Waals surface area contributed by atoms with Crippen molar-refractivity contribution in [2.45, 2.75) is 6.92 Å². The van der Waals surface area contributed by atoms with Crippen LogP contribution in [-0.2, 0) is 19.1 Å². The third-order valence-electron chi connectivity index (χ3n) is 3.15. The van der Waals surface area contributed by atoms with Crippen LogP contribution in [0.4, 0.5) is 0 Å². The third kappa shape index (κ3) is 6.36. The number of rotatable bonds is 8. The van der Waals surface area contributed by atoms with Crippen LogP contribution >= 0.6 is 0 Å². The predicted molar refractivity (Wildman–Crippen MR) is 91.8 cm³/mol. The molecular weight excluding hydrogens is 328 g/mol. The van der Waals surface area contributed by atoms with Crippen molar-refractivity contribution in [3.8, 4) is 5.75 Å². The summed E-state index contributed by atoms with van der Waals surface area (Å²) < 4.78 is 14.0. The second-order valence-corrected chi connectivity index (χ2v) is 4.83. The number of carbonyl (C=O) groups is 3. The first kappa shape index (κ1) is 20.3. The molecule has 1 amide bonds. The van der Waals surface area contributed by atoms with E-state index in [2.05, 4.69) is 19.8 Å². The van der Waals surface area contributed by atoms with E-state index in [1.165, 1.54) is 7.11 Å². The Bertz CT molecular complexity index is 708. The maximum Gasteiger partial charge on any atom is 0.298 e. The minimum atomic E-state index is -0.365. The number of Topliss-reactive ketones (excluding diaryl/α,β-unsaturated/α-hetero) is 1. The second-order valence-electron chi connectivity index (χ2n) is 4.83. The van der Waals surface area contributed by atoms with Gasteiger partial charge in [0.1, 0.15) is 12.4 Å². The molecule has 1 heterocycles. The maximum atomic E-state index is 12.1. The molecule has 2 aromatic rings. The van der Waals surface area contributed by atoms with Crippen molar-refractivity contribution in [2.24, 2.45) is 0 Å². The standard InChI is InChI=1S/C14H14N2O5.C3H8O/c1-20-7-14(19)16-6-13(18)11-5-15-12-3-2-9(21-8-17)4-10(11)12;1-3-4-2/h2-5,8,15H,6-7H2,1H3,(H,16,19);3H2,1-2H3. The highest BCUT2D eigenvalue weighted by Gasteiger charge is 2.13. The van der Waals surface area contributed by atoms with Crippen molar-refractivity contribution >= 4 is 29.1 Å². The van der Waals surface area contributed by atoms with E-state index >= 15 is 0 Å². The zero-order chi connectivity index (χ0) is 18.7. The van der Waals surface area contributed by atoms with Gasteiger partial charge in [-0.05, 0) is 25.1 Å². The summed E-state index contributed by atoms with van der Waals surface area (Å²) in [4.78, 5) is 36.7. The summed E-state index contributed by atoms with van der Waals surface area (Å²) in [5.41, 5.74) is 1.15. The Labute approximate surface area is 145 Å². The predicted octanol–water partition coefficient (Wildman–Crippen LogP) is 1.30. The fraction of sp³-hybridized carbons (Fsp3) is 0.353. The van der Waals surface area contributed by atoms with E-state index in [-0.39, 0.29) is 24.8 Å². The van der Waals surface area contributed by atoms with Crippen molar-refractivity contribution in [1.29, 1.82) is 0 Å². The summed E-state index contributed by atoms with van der Waals surface area (Å²) in [6, 6.07) is 4.90. The minimum absolute atomic E-state index is 0.0987. The highest BCUT2D eigenvalue weighted by Crippen LogP contribution is 2.23. The molecule has 136 valence electrons. The van der Waals surface area contributed by atoms with Crippen molar-refractivity contribution in [2.75, 3.05) is 34.0 Å². The lowest BCUT2D eigenvalue weighted by molar-refractivity contribution is -0.124. The number of nitrogens with one attached hydrogen (secondary N) is 2. The monoisotopic (exact) mass is 350 g/mol. The Hall–Kier alpha value is -2.71. The summed E-state index contributed by atoms with van der Waals surface area (Å²) in [6.45, 7) is 2.87. The van der Waals surface area contributed by atoms with Crippen LogP contribution in [0, 0.1) is 0 Å². The number of hydrogen-bond acceptors (Lipinski definition) is 6. The van der Waals surface area contributed by atoms with Gasteiger partial charge >= 0.3 is 0 Å². The molecule has 0 aliphatic rings. The molecule has 1 aromatic carbocycles. The lowest BCUT2D eigenvalue weighted by atomic mass is 10.1. The van der Waals surface area contributed by atoms with Crippen LogP contribution in [0.2, 0.25) is 0 Å². The first-order valence-corrected chi connectivity index (χ1v) is 7.56. The van der Waals surface area contributed by atoms with Gasteiger partial charge < -0.3 is 24.5 Å².